The Bertz CT molecular complexity index is 506. The van der Waals surface area contributed by atoms with Crippen LogP contribution in [0.1, 0.15) is 54.3 Å². The Morgan fingerprint density at radius 1 is 1.48 bits per heavy atom. The standard InChI is InChI=1S/C15H21NO4S/c1-2-11-9-12(15(18)19)14(21-11)16-13(17)7-6-10-5-3-4-8-20-10/h9-10H,2-8H2,1H3,(H,16,17)(H,18,19). The Hall–Kier alpha value is -1.40. The van der Waals surface area contributed by atoms with Crippen LogP contribution >= 0.6 is 11.3 Å². The van der Waals surface area contributed by atoms with Gasteiger partial charge in [0.25, 0.3) is 0 Å². The summed E-state index contributed by atoms with van der Waals surface area (Å²) in [6.07, 6.45) is 5.24. The molecule has 5 nitrogen and oxygen atoms in total. The zero-order valence-electron chi connectivity index (χ0n) is 12.2. The van der Waals surface area contributed by atoms with Gasteiger partial charge >= 0.3 is 5.97 Å². The van der Waals surface area contributed by atoms with Gasteiger partial charge in [0.05, 0.1) is 11.7 Å². The molecule has 0 radical (unpaired) electrons. The van der Waals surface area contributed by atoms with Gasteiger partial charge in [-0.25, -0.2) is 4.79 Å². The predicted molar refractivity (Wildman–Crippen MR) is 82.1 cm³/mol. The van der Waals surface area contributed by atoms with E-state index in [1.165, 1.54) is 11.3 Å². The van der Waals surface area contributed by atoms with E-state index in [0.29, 0.717) is 17.8 Å². The molecule has 1 aliphatic rings. The smallest absolute Gasteiger partial charge is 0.338 e. The van der Waals surface area contributed by atoms with Crippen molar-refractivity contribution in [3.63, 3.8) is 0 Å². The summed E-state index contributed by atoms with van der Waals surface area (Å²) in [6.45, 7) is 2.74. The maximum absolute atomic E-state index is 12.0. The SMILES string of the molecule is CCc1cc(C(=O)O)c(NC(=O)CCC2CCCCO2)s1. The van der Waals surface area contributed by atoms with Crippen molar-refractivity contribution in [1.82, 2.24) is 0 Å². The van der Waals surface area contributed by atoms with E-state index in [0.717, 1.165) is 37.2 Å². The van der Waals surface area contributed by atoms with Gasteiger partial charge in [-0.2, -0.15) is 0 Å². The molecule has 1 aliphatic heterocycles. The quantitative estimate of drug-likeness (QED) is 0.845. The lowest BCUT2D eigenvalue weighted by Gasteiger charge is -2.22. The molecule has 2 heterocycles. The molecule has 1 atom stereocenters. The van der Waals surface area contributed by atoms with Gasteiger partial charge in [0.15, 0.2) is 0 Å². The van der Waals surface area contributed by atoms with Gasteiger partial charge in [-0.15, -0.1) is 11.3 Å². The monoisotopic (exact) mass is 311 g/mol. The molecular formula is C15H21NO4S. The molecule has 0 aromatic carbocycles. The van der Waals surface area contributed by atoms with Gasteiger partial charge in [-0.3, -0.25) is 4.79 Å². The first-order valence-electron chi connectivity index (χ1n) is 7.37. The number of aromatic carboxylic acids is 1. The van der Waals surface area contributed by atoms with E-state index in [2.05, 4.69) is 5.32 Å². The van der Waals surface area contributed by atoms with Gasteiger partial charge in [0, 0.05) is 17.9 Å². The topological polar surface area (TPSA) is 75.6 Å². The largest absolute Gasteiger partial charge is 0.478 e. The van der Waals surface area contributed by atoms with Crippen LogP contribution in [0.2, 0.25) is 0 Å². The van der Waals surface area contributed by atoms with Gasteiger partial charge in [0.1, 0.15) is 5.00 Å². The predicted octanol–water partition coefficient (Wildman–Crippen LogP) is 3.30. The highest BCUT2D eigenvalue weighted by Gasteiger charge is 2.19. The first-order valence-corrected chi connectivity index (χ1v) is 8.19. The van der Waals surface area contributed by atoms with E-state index in [1.807, 2.05) is 6.92 Å². The summed E-state index contributed by atoms with van der Waals surface area (Å²) < 4.78 is 5.59. The summed E-state index contributed by atoms with van der Waals surface area (Å²) in [5, 5.41) is 12.3. The van der Waals surface area contributed by atoms with E-state index in [9.17, 15) is 9.59 Å². The van der Waals surface area contributed by atoms with Crippen molar-refractivity contribution in [2.45, 2.75) is 51.6 Å². The summed E-state index contributed by atoms with van der Waals surface area (Å²) in [6, 6.07) is 1.63. The van der Waals surface area contributed by atoms with Crippen LogP contribution < -0.4 is 5.32 Å². The maximum atomic E-state index is 12.0. The fourth-order valence-corrected chi connectivity index (χ4v) is 3.39. The molecule has 0 bridgehead atoms. The Balaban J connectivity index is 1.89. The summed E-state index contributed by atoms with van der Waals surface area (Å²) in [5.41, 5.74) is 0.180. The average Bonchev–Trinajstić information content (AvgIpc) is 2.89. The second-order valence-electron chi connectivity index (χ2n) is 5.19. The number of carbonyl (C=O) groups is 2. The zero-order chi connectivity index (χ0) is 15.2. The van der Waals surface area contributed by atoms with E-state index in [-0.39, 0.29) is 17.6 Å². The van der Waals surface area contributed by atoms with Crippen LogP contribution in [0, 0.1) is 0 Å². The van der Waals surface area contributed by atoms with Crippen LogP contribution in [-0.2, 0) is 16.0 Å². The van der Waals surface area contributed by atoms with Crippen LogP contribution in [-0.4, -0.2) is 29.7 Å². The highest BCUT2D eigenvalue weighted by Crippen LogP contribution is 2.29. The zero-order valence-corrected chi connectivity index (χ0v) is 13.0. The molecular weight excluding hydrogens is 290 g/mol. The van der Waals surface area contributed by atoms with Crippen molar-refractivity contribution in [3.8, 4) is 0 Å². The molecule has 1 aromatic rings. The van der Waals surface area contributed by atoms with Crippen LogP contribution in [0.4, 0.5) is 5.00 Å². The Kier molecular flexibility index (Phi) is 5.76. The lowest BCUT2D eigenvalue weighted by Crippen LogP contribution is -2.21. The van der Waals surface area contributed by atoms with Crippen LogP contribution in [0.25, 0.3) is 0 Å². The molecule has 2 N–H and O–H groups in total. The van der Waals surface area contributed by atoms with Crippen molar-refractivity contribution in [2.75, 3.05) is 11.9 Å². The van der Waals surface area contributed by atoms with Crippen molar-refractivity contribution in [2.24, 2.45) is 0 Å². The summed E-state index contributed by atoms with van der Waals surface area (Å²) in [7, 11) is 0. The molecule has 1 saturated heterocycles. The number of thiophene rings is 1. The third-order valence-corrected chi connectivity index (χ3v) is 4.78. The summed E-state index contributed by atoms with van der Waals surface area (Å²) in [4.78, 5) is 24.1. The van der Waals surface area contributed by atoms with Gasteiger partial charge in [0.2, 0.25) is 5.91 Å². The number of hydrogen-bond acceptors (Lipinski definition) is 4. The number of amides is 1. The number of ether oxygens (including phenoxy) is 1. The van der Waals surface area contributed by atoms with Gasteiger partial charge < -0.3 is 15.2 Å². The molecule has 0 spiro atoms. The Morgan fingerprint density at radius 2 is 2.29 bits per heavy atom. The minimum absolute atomic E-state index is 0.142. The van der Waals surface area contributed by atoms with Crippen LogP contribution in [0.3, 0.4) is 0 Å². The van der Waals surface area contributed by atoms with Gasteiger partial charge in [-0.05, 0) is 38.2 Å². The number of carbonyl (C=O) groups excluding carboxylic acids is 1. The minimum atomic E-state index is -1.00. The van der Waals surface area contributed by atoms with Crippen LogP contribution in [0.15, 0.2) is 6.07 Å². The molecule has 116 valence electrons. The van der Waals surface area contributed by atoms with Crippen LogP contribution in [0.5, 0.6) is 0 Å². The van der Waals surface area contributed by atoms with E-state index >= 15 is 0 Å². The first kappa shape index (κ1) is 16.0. The third-order valence-electron chi connectivity index (χ3n) is 3.58. The van der Waals surface area contributed by atoms with E-state index in [1.54, 1.807) is 6.07 Å². The lowest BCUT2D eigenvalue weighted by molar-refractivity contribution is -0.117. The number of carboxylic acid groups (broad SMARTS) is 1. The first-order chi connectivity index (χ1) is 10.1. The molecule has 1 amide bonds. The Morgan fingerprint density at radius 3 is 2.90 bits per heavy atom. The highest BCUT2D eigenvalue weighted by molar-refractivity contribution is 7.16. The van der Waals surface area contributed by atoms with Crippen molar-refractivity contribution in [1.29, 1.82) is 0 Å². The molecule has 0 saturated carbocycles. The second kappa shape index (κ2) is 7.56. The number of hydrogen-bond donors (Lipinski definition) is 2. The summed E-state index contributed by atoms with van der Waals surface area (Å²) >= 11 is 1.33. The number of nitrogens with one attached hydrogen (secondary N) is 1. The maximum Gasteiger partial charge on any atom is 0.338 e. The van der Waals surface area contributed by atoms with Crippen molar-refractivity contribution in [3.05, 3.63) is 16.5 Å². The molecule has 1 fully saturated rings. The Labute approximate surface area is 128 Å². The normalized spacial score (nSPS) is 18.4. The fraction of sp³-hybridized carbons (Fsp3) is 0.600. The molecule has 0 aliphatic carbocycles. The molecule has 21 heavy (non-hydrogen) atoms. The fourth-order valence-electron chi connectivity index (χ4n) is 2.38. The van der Waals surface area contributed by atoms with Crippen molar-refractivity contribution < 1.29 is 19.4 Å². The van der Waals surface area contributed by atoms with Gasteiger partial charge in [-0.1, -0.05) is 6.92 Å². The number of anilines is 1. The lowest BCUT2D eigenvalue weighted by atomic mass is 10.0. The average molecular weight is 311 g/mol. The second-order valence-corrected chi connectivity index (χ2v) is 6.33. The third kappa shape index (κ3) is 4.54. The van der Waals surface area contributed by atoms with Crippen molar-refractivity contribution >= 4 is 28.2 Å². The molecule has 1 aromatic heterocycles. The highest BCUT2D eigenvalue weighted by atomic mass is 32.1. The molecule has 1 unspecified atom stereocenters. The molecule has 2 rings (SSSR count). The number of carboxylic acids is 1. The summed E-state index contributed by atoms with van der Waals surface area (Å²) in [5.74, 6) is -1.15. The number of rotatable bonds is 6. The molecule has 6 heteroatoms. The number of aryl methyl sites for hydroxylation is 1. The van der Waals surface area contributed by atoms with E-state index < -0.39 is 5.97 Å². The minimum Gasteiger partial charge on any atom is -0.478 e. The van der Waals surface area contributed by atoms with E-state index in [4.69, 9.17) is 9.84 Å².